The van der Waals surface area contributed by atoms with Crippen LogP contribution in [0.25, 0.3) is 0 Å². The molecule has 2 N–H and O–H groups in total. The summed E-state index contributed by atoms with van der Waals surface area (Å²) in [7, 11) is -1.47. The van der Waals surface area contributed by atoms with Gasteiger partial charge in [-0.3, -0.25) is 0 Å². The molecule has 0 amide bonds. The molecule has 6 heteroatoms. The van der Waals surface area contributed by atoms with Crippen LogP contribution >= 0.6 is 0 Å². The van der Waals surface area contributed by atoms with Gasteiger partial charge < -0.3 is 19.7 Å². The number of hydrogen-bond donors (Lipinski definition) is 2. The van der Waals surface area contributed by atoms with Gasteiger partial charge in [0.2, 0.25) is 22.4 Å². The number of methoxy groups -OCH3 is 2. The van der Waals surface area contributed by atoms with Crippen molar-refractivity contribution in [2.45, 2.75) is 139 Å². The van der Waals surface area contributed by atoms with Crippen LogP contribution in [-0.4, -0.2) is 40.6 Å². The lowest BCUT2D eigenvalue weighted by Crippen LogP contribution is -2.44. The second-order valence-corrected chi connectivity index (χ2v) is 29.9. The first kappa shape index (κ1) is 51.6. The fraction of sp³-hybridized carbons (Fsp3) is 0.414. The highest BCUT2D eigenvalue weighted by Crippen LogP contribution is 2.42. The van der Waals surface area contributed by atoms with Crippen LogP contribution in [0.3, 0.4) is 0 Å². The normalized spacial score (nSPS) is 15.4. The monoisotopic (exact) mass is 886 g/mol. The van der Waals surface area contributed by atoms with Gasteiger partial charge in [0.05, 0.1) is 0 Å². The summed E-state index contributed by atoms with van der Waals surface area (Å²) in [5, 5.41) is 25.5. The topological polar surface area (TPSA) is 58.9 Å². The van der Waals surface area contributed by atoms with Gasteiger partial charge in [-0.2, -0.15) is 0 Å². The summed E-state index contributed by atoms with van der Waals surface area (Å²) < 4.78 is 12.8. The lowest BCUT2D eigenvalue weighted by Gasteiger charge is -2.38. The highest BCUT2D eigenvalue weighted by molar-refractivity contribution is 6.91. The van der Waals surface area contributed by atoms with E-state index in [1.165, 1.54) is 0 Å². The van der Waals surface area contributed by atoms with Gasteiger partial charge in [-0.25, -0.2) is 0 Å². The first-order chi connectivity index (χ1) is 30.2. The van der Waals surface area contributed by atoms with Gasteiger partial charge in [0, 0.05) is 36.5 Å². The molecule has 4 atom stereocenters. The molecular formula is C58H70O4Si2. The number of hydrogen-bond acceptors (Lipinski definition) is 4. The van der Waals surface area contributed by atoms with Gasteiger partial charge in [-0.1, -0.05) is 216 Å². The third-order valence-corrected chi connectivity index (χ3v) is 25.8. The Balaban J connectivity index is 2.12. The van der Waals surface area contributed by atoms with E-state index < -0.39 is 38.6 Å². The molecule has 0 radical (unpaired) electrons. The van der Waals surface area contributed by atoms with Crippen LogP contribution in [0.5, 0.6) is 0 Å². The molecule has 4 rings (SSSR count). The van der Waals surface area contributed by atoms with Crippen LogP contribution in [0.15, 0.2) is 121 Å². The number of aliphatic hydroxyl groups is 2. The quantitative estimate of drug-likeness (QED) is 0.110. The zero-order chi connectivity index (χ0) is 47.4. The Morgan fingerprint density at radius 2 is 0.562 bits per heavy atom. The Labute approximate surface area is 389 Å². The maximum Gasteiger partial charge on any atom is 0.216 e. The Morgan fingerprint density at radius 3 is 0.781 bits per heavy atom. The summed E-state index contributed by atoms with van der Waals surface area (Å²) in [5.74, 6) is 26.6. The minimum absolute atomic E-state index is 0.346. The molecule has 0 bridgehead atoms. The minimum Gasteiger partial charge on any atom is -0.364 e. The maximum atomic E-state index is 12.7. The van der Waals surface area contributed by atoms with Crippen LogP contribution < -0.4 is 0 Å². The van der Waals surface area contributed by atoms with Crippen molar-refractivity contribution >= 4 is 16.1 Å². The van der Waals surface area contributed by atoms with Crippen molar-refractivity contribution in [2.24, 2.45) is 0 Å². The molecular weight excluding hydrogens is 817 g/mol. The standard InChI is InChI=1S/C58H70O4Si2/c1-45(2)63(46(3)4,47(5)6)43-41-55(59,51-27-19-15-20-28-51)35-37-57(61-13,53-31-23-17-24-32-53)39-40-58(62-14,54-33-25-18-26-34-54)38-36-56(60,52-29-21-16-22-30-52)42-44-64(48(7)8,49(9)10)50(11)12/h15-34,45-50,59-60H,1-14H3. The van der Waals surface area contributed by atoms with E-state index in [1.807, 2.05) is 121 Å². The van der Waals surface area contributed by atoms with Gasteiger partial charge >= 0.3 is 0 Å². The molecule has 0 saturated heterocycles. The molecule has 0 spiro atoms. The Bertz CT molecular complexity index is 2240. The highest BCUT2D eigenvalue weighted by atomic mass is 28.3. The summed E-state index contributed by atoms with van der Waals surface area (Å²) in [6, 6.07) is 37.8. The van der Waals surface area contributed by atoms with Gasteiger partial charge in [0.15, 0.2) is 0 Å². The third kappa shape index (κ3) is 10.9. The third-order valence-electron chi connectivity index (χ3n) is 13.3. The van der Waals surface area contributed by atoms with E-state index in [0.717, 1.165) is 0 Å². The average Bonchev–Trinajstić information content (AvgIpc) is 3.28. The molecule has 0 aliphatic heterocycles. The van der Waals surface area contributed by atoms with Crippen LogP contribution in [0.2, 0.25) is 33.2 Å². The molecule has 4 aromatic carbocycles. The molecule has 4 unspecified atom stereocenters. The molecule has 0 aromatic heterocycles. The molecule has 334 valence electrons. The summed E-state index contributed by atoms with van der Waals surface area (Å²) in [4.78, 5) is 0. The molecule has 4 aromatic rings. The minimum atomic E-state index is -2.29. The zero-order valence-electron chi connectivity index (χ0n) is 40.7. The first-order valence-electron chi connectivity index (χ1n) is 22.7. The first-order valence-corrected chi connectivity index (χ1v) is 27.2. The predicted molar refractivity (Wildman–Crippen MR) is 272 cm³/mol. The molecule has 0 aliphatic rings. The van der Waals surface area contributed by atoms with Gasteiger partial charge in [0.1, 0.15) is 16.1 Å². The molecule has 0 saturated carbocycles. The predicted octanol–water partition coefficient (Wildman–Crippen LogP) is 12.3. The molecule has 64 heavy (non-hydrogen) atoms. The smallest absolute Gasteiger partial charge is 0.216 e. The average molecular weight is 887 g/mol. The second-order valence-electron chi connectivity index (χ2n) is 18.7. The van der Waals surface area contributed by atoms with E-state index in [2.05, 4.69) is 142 Å². The summed E-state index contributed by atoms with van der Waals surface area (Å²) >= 11 is 0. The maximum absolute atomic E-state index is 12.7. The van der Waals surface area contributed by atoms with Crippen molar-refractivity contribution in [1.29, 1.82) is 0 Å². The Morgan fingerprint density at radius 1 is 0.344 bits per heavy atom. The summed E-state index contributed by atoms with van der Waals surface area (Å²) in [5.41, 5.74) is 5.01. The fourth-order valence-electron chi connectivity index (χ4n) is 9.64. The molecule has 4 nitrogen and oxygen atoms in total. The van der Waals surface area contributed by atoms with E-state index in [1.54, 1.807) is 14.2 Å². The van der Waals surface area contributed by atoms with Gasteiger partial charge in [-0.05, 0) is 68.8 Å². The van der Waals surface area contributed by atoms with Crippen molar-refractivity contribution in [2.75, 3.05) is 14.2 Å². The molecule has 0 heterocycles. The van der Waals surface area contributed by atoms with E-state index in [-0.39, 0.29) is 0 Å². The van der Waals surface area contributed by atoms with Gasteiger partial charge in [0.25, 0.3) is 0 Å². The van der Waals surface area contributed by atoms with Crippen LogP contribution in [0, 0.1) is 58.5 Å². The number of ether oxygens (including phenoxy) is 2. The van der Waals surface area contributed by atoms with E-state index >= 15 is 0 Å². The molecule has 0 aliphatic carbocycles. The van der Waals surface area contributed by atoms with Crippen LogP contribution in [0.4, 0.5) is 0 Å². The lowest BCUT2D eigenvalue weighted by atomic mass is 9.87. The SMILES string of the molecule is COC(C#CC(O)(C#C[Si](C(C)C)(C(C)C)C(C)C)c1ccccc1)(C#CC(C#CC(O)(C#C[Si](C(C)C)(C(C)C)C(C)C)c1ccccc1)(OC)c1ccccc1)c1ccccc1. The van der Waals surface area contributed by atoms with Crippen molar-refractivity contribution in [3.8, 4) is 58.5 Å². The Kier molecular flexibility index (Phi) is 17.5. The number of rotatable bonds is 12. The summed E-state index contributed by atoms with van der Waals surface area (Å²) in [6.07, 6.45) is 0. The van der Waals surface area contributed by atoms with Crippen molar-refractivity contribution in [3.05, 3.63) is 144 Å². The van der Waals surface area contributed by atoms with Crippen LogP contribution in [0.1, 0.15) is 105 Å². The second kappa shape index (κ2) is 21.8. The van der Waals surface area contributed by atoms with E-state index in [4.69, 9.17) is 9.47 Å². The zero-order valence-corrected chi connectivity index (χ0v) is 42.7. The summed E-state index contributed by atoms with van der Waals surface area (Å²) in [6.45, 7) is 27.0. The molecule has 0 fully saturated rings. The van der Waals surface area contributed by atoms with Crippen molar-refractivity contribution in [3.63, 3.8) is 0 Å². The van der Waals surface area contributed by atoms with E-state index in [9.17, 15) is 10.2 Å². The van der Waals surface area contributed by atoms with Gasteiger partial charge in [-0.15, -0.1) is 11.1 Å². The lowest BCUT2D eigenvalue weighted by molar-refractivity contribution is 0.0789. The van der Waals surface area contributed by atoms with Crippen LogP contribution in [-0.2, 0) is 31.9 Å². The largest absolute Gasteiger partial charge is 0.364 e. The van der Waals surface area contributed by atoms with Crippen molar-refractivity contribution < 1.29 is 19.7 Å². The van der Waals surface area contributed by atoms with E-state index in [0.29, 0.717) is 55.5 Å². The fourth-order valence-corrected chi connectivity index (χ4v) is 20.2. The highest BCUT2D eigenvalue weighted by Gasteiger charge is 2.44. The van der Waals surface area contributed by atoms with Crippen molar-refractivity contribution in [1.82, 2.24) is 0 Å². The number of benzene rings is 4. The Hall–Kier alpha value is -5.05.